The van der Waals surface area contributed by atoms with Crippen LogP contribution in [0.1, 0.15) is 21.8 Å². The number of allylic oxidation sites excluding steroid dienone is 1. The third kappa shape index (κ3) is 2.99. The molecule has 2 aromatic rings. The van der Waals surface area contributed by atoms with Crippen molar-refractivity contribution in [1.82, 2.24) is 0 Å². The first-order valence-electron chi connectivity index (χ1n) is 7.45. The quantitative estimate of drug-likeness (QED) is 0.596. The van der Waals surface area contributed by atoms with Gasteiger partial charge in [-0.2, -0.15) is 0 Å². The molecule has 0 fully saturated rings. The lowest BCUT2D eigenvalue weighted by atomic mass is 9.98. The molecule has 1 heterocycles. The van der Waals surface area contributed by atoms with Crippen LogP contribution in [-0.4, -0.2) is 25.0 Å². The maximum absolute atomic E-state index is 12.7. The van der Waals surface area contributed by atoms with Crippen molar-refractivity contribution in [2.24, 2.45) is 0 Å². The van der Waals surface area contributed by atoms with E-state index in [-0.39, 0.29) is 11.7 Å². The molecule has 122 valence electrons. The minimum Gasteiger partial charge on any atom is -0.314 e. The van der Waals surface area contributed by atoms with Gasteiger partial charge in [-0.1, -0.05) is 29.8 Å². The Balaban J connectivity index is 1.98. The van der Waals surface area contributed by atoms with Gasteiger partial charge < -0.3 is 4.90 Å². The van der Waals surface area contributed by atoms with Crippen LogP contribution >= 0.6 is 23.4 Å². The van der Waals surface area contributed by atoms with Crippen LogP contribution in [0.2, 0.25) is 5.02 Å². The first-order chi connectivity index (χ1) is 11.5. The highest BCUT2D eigenvalue weighted by Crippen LogP contribution is 2.43. The van der Waals surface area contributed by atoms with Crippen molar-refractivity contribution in [3.63, 3.8) is 0 Å². The van der Waals surface area contributed by atoms with E-state index in [1.54, 1.807) is 42.3 Å². The molecule has 0 bridgehead atoms. The van der Waals surface area contributed by atoms with Gasteiger partial charge in [-0.15, -0.1) is 11.8 Å². The normalized spacial score (nSPS) is 17.1. The largest absolute Gasteiger partial charge is 0.314 e. The van der Waals surface area contributed by atoms with Gasteiger partial charge in [0.2, 0.25) is 5.91 Å². The molecule has 1 unspecified atom stereocenters. The van der Waals surface area contributed by atoms with Crippen molar-refractivity contribution in [2.45, 2.75) is 5.92 Å². The summed E-state index contributed by atoms with van der Waals surface area (Å²) >= 11 is 7.29. The van der Waals surface area contributed by atoms with Crippen LogP contribution < -0.4 is 4.90 Å². The van der Waals surface area contributed by atoms with Crippen LogP contribution in [0.15, 0.2) is 59.5 Å². The van der Waals surface area contributed by atoms with Gasteiger partial charge >= 0.3 is 0 Å². The predicted octanol–water partition coefficient (Wildman–Crippen LogP) is 4.53. The van der Waals surface area contributed by atoms with E-state index in [2.05, 4.69) is 0 Å². The average Bonchev–Trinajstić information content (AvgIpc) is 2.85. The maximum atomic E-state index is 12.7. The number of hydrogen-bond donors (Lipinski definition) is 0. The summed E-state index contributed by atoms with van der Waals surface area (Å²) in [6.07, 6.45) is 3.45. The molecule has 0 aromatic heterocycles. The monoisotopic (exact) mass is 357 g/mol. The zero-order chi connectivity index (χ0) is 17.3. The predicted molar refractivity (Wildman–Crippen MR) is 100.0 cm³/mol. The summed E-state index contributed by atoms with van der Waals surface area (Å²) in [7, 11) is 1.76. The molecule has 0 saturated heterocycles. The summed E-state index contributed by atoms with van der Waals surface area (Å²) in [4.78, 5) is 27.6. The lowest BCUT2D eigenvalue weighted by molar-refractivity contribution is -0.118. The fourth-order valence-electron chi connectivity index (χ4n) is 2.84. The van der Waals surface area contributed by atoms with Crippen LogP contribution in [0.5, 0.6) is 0 Å². The number of para-hydroxylation sites is 1. The number of fused-ring (bicyclic) bond motifs is 1. The number of halogens is 1. The fourth-order valence-corrected chi connectivity index (χ4v) is 3.66. The number of hydrogen-bond acceptors (Lipinski definition) is 3. The number of rotatable bonds is 4. The highest BCUT2D eigenvalue weighted by molar-refractivity contribution is 8.02. The Hall–Kier alpha value is -2.04. The Morgan fingerprint density at radius 3 is 2.50 bits per heavy atom. The molecule has 24 heavy (non-hydrogen) atoms. The van der Waals surface area contributed by atoms with Crippen LogP contribution in [0.4, 0.5) is 5.69 Å². The first kappa shape index (κ1) is 16.8. The first-order valence-corrected chi connectivity index (χ1v) is 9.05. The fraction of sp³-hybridized carbons (Fsp3) is 0.158. The molecule has 3 nitrogen and oxygen atoms in total. The van der Waals surface area contributed by atoms with Crippen LogP contribution in [-0.2, 0) is 4.79 Å². The number of benzene rings is 2. The SMILES string of the molecule is CS/C(=C\C(=O)c1ccc(Cl)cc1)C1C(=O)N(C)c2ccccc21. The zero-order valence-corrected chi connectivity index (χ0v) is 14.9. The van der Waals surface area contributed by atoms with Crippen LogP contribution in [0.3, 0.4) is 0 Å². The molecule has 0 aliphatic carbocycles. The Labute approximate surface area is 150 Å². The van der Waals surface area contributed by atoms with E-state index < -0.39 is 5.92 Å². The minimum absolute atomic E-state index is 0.0132. The number of carbonyl (C=O) groups excluding carboxylic acids is 2. The van der Waals surface area contributed by atoms with Crippen molar-refractivity contribution < 1.29 is 9.59 Å². The molecule has 1 amide bonds. The third-order valence-corrected chi connectivity index (χ3v) is 5.19. The molecular formula is C19H16ClNO2S. The third-order valence-electron chi connectivity index (χ3n) is 4.11. The van der Waals surface area contributed by atoms with E-state index in [1.807, 2.05) is 30.5 Å². The van der Waals surface area contributed by atoms with E-state index in [4.69, 9.17) is 11.6 Å². The lowest BCUT2D eigenvalue weighted by Crippen LogP contribution is -2.24. The smallest absolute Gasteiger partial charge is 0.239 e. The molecule has 1 atom stereocenters. The number of likely N-dealkylation sites (N-methyl/N-ethyl adjacent to an activating group) is 1. The summed E-state index contributed by atoms with van der Waals surface area (Å²) in [5.41, 5.74) is 2.39. The molecule has 2 aromatic carbocycles. The molecule has 5 heteroatoms. The molecule has 1 aliphatic rings. The molecule has 0 saturated carbocycles. The highest BCUT2D eigenvalue weighted by Gasteiger charge is 2.37. The zero-order valence-electron chi connectivity index (χ0n) is 13.3. The number of carbonyl (C=O) groups is 2. The van der Waals surface area contributed by atoms with E-state index in [0.29, 0.717) is 10.6 Å². The van der Waals surface area contributed by atoms with Gasteiger partial charge in [0.15, 0.2) is 5.78 Å². The minimum atomic E-state index is -0.419. The van der Waals surface area contributed by atoms with Gasteiger partial charge in [0, 0.05) is 28.2 Å². The van der Waals surface area contributed by atoms with E-state index in [9.17, 15) is 9.59 Å². The Bertz CT molecular complexity index is 830. The second-order valence-corrected chi connectivity index (χ2v) is 6.83. The number of ketones is 1. The Kier molecular flexibility index (Phi) is 4.78. The molecule has 0 N–H and O–H groups in total. The summed E-state index contributed by atoms with van der Waals surface area (Å²) in [6, 6.07) is 14.4. The van der Waals surface area contributed by atoms with Crippen molar-refractivity contribution >= 4 is 40.7 Å². The van der Waals surface area contributed by atoms with Crippen LogP contribution in [0.25, 0.3) is 0 Å². The number of amides is 1. The maximum Gasteiger partial charge on any atom is 0.239 e. The van der Waals surface area contributed by atoms with Crippen molar-refractivity contribution in [2.75, 3.05) is 18.2 Å². The summed E-state index contributed by atoms with van der Waals surface area (Å²) in [5, 5.41) is 0.585. The number of nitrogens with zero attached hydrogens (tertiary/aromatic N) is 1. The van der Waals surface area contributed by atoms with Crippen LogP contribution in [0, 0.1) is 0 Å². The van der Waals surface area contributed by atoms with Gasteiger partial charge in [-0.3, -0.25) is 9.59 Å². The molecular weight excluding hydrogens is 342 g/mol. The van der Waals surface area contributed by atoms with Crippen molar-refractivity contribution in [1.29, 1.82) is 0 Å². The standard InChI is InChI=1S/C19H16ClNO2S/c1-21-15-6-4-3-5-14(15)18(19(21)23)17(24-2)11-16(22)12-7-9-13(20)10-8-12/h3-11,18H,1-2H3/b17-11-. The van der Waals surface area contributed by atoms with Crippen molar-refractivity contribution in [3.8, 4) is 0 Å². The second kappa shape index (κ2) is 6.83. The van der Waals surface area contributed by atoms with Gasteiger partial charge in [-0.05, 0) is 48.2 Å². The van der Waals surface area contributed by atoms with Gasteiger partial charge in [0.05, 0.1) is 5.92 Å². The number of thioether (sulfide) groups is 1. The van der Waals surface area contributed by atoms with Gasteiger partial charge in [-0.25, -0.2) is 0 Å². The number of anilines is 1. The topological polar surface area (TPSA) is 37.4 Å². The van der Waals surface area contributed by atoms with Gasteiger partial charge in [0.1, 0.15) is 0 Å². The molecule has 0 spiro atoms. The summed E-state index contributed by atoms with van der Waals surface area (Å²) in [5.74, 6) is -0.561. The van der Waals surface area contributed by atoms with E-state index in [1.165, 1.54) is 11.8 Å². The van der Waals surface area contributed by atoms with E-state index >= 15 is 0 Å². The highest BCUT2D eigenvalue weighted by atomic mass is 35.5. The van der Waals surface area contributed by atoms with Gasteiger partial charge in [0.25, 0.3) is 0 Å². The lowest BCUT2D eigenvalue weighted by Gasteiger charge is -2.13. The molecule has 3 rings (SSSR count). The molecule has 1 aliphatic heterocycles. The second-order valence-electron chi connectivity index (χ2n) is 5.51. The summed E-state index contributed by atoms with van der Waals surface area (Å²) in [6.45, 7) is 0. The van der Waals surface area contributed by atoms with Crippen molar-refractivity contribution in [3.05, 3.63) is 75.7 Å². The average molecular weight is 358 g/mol. The Morgan fingerprint density at radius 2 is 1.83 bits per heavy atom. The van der Waals surface area contributed by atoms with E-state index in [0.717, 1.165) is 16.2 Å². The molecule has 0 radical (unpaired) electrons. The summed E-state index contributed by atoms with van der Waals surface area (Å²) < 4.78 is 0. The Morgan fingerprint density at radius 1 is 1.17 bits per heavy atom.